The SMILES string of the molecule is COc1ccc(C2CCCN2C(=O)/C=C/c2cn(-c3ccccc3)nc2-c2cccnc2)c(OC)c1. The summed E-state index contributed by atoms with van der Waals surface area (Å²) in [6, 6.07) is 19.5. The molecule has 1 saturated heterocycles. The van der Waals surface area contributed by atoms with Gasteiger partial charge in [0, 0.05) is 54.0 Å². The quantitative estimate of drug-likeness (QED) is 0.335. The van der Waals surface area contributed by atoms with Gasteiger partial charge in [-0.3, -0.25) is 9.78 Å². The first-order chi connectivity index (χ1) is 17.7. The summed E-state index contributed by atoms with van der Waals surface area (Å²) in [6.07, 6.45) is 10.8. The van der Waals surface area contributed by atoms with Crippen LogP contribution in [0.5, 0.6) is 11.5 Å². The first-order valence-corrected chi connectivity index (χ1v) is 11.9. The van der Waals surface area contributed by atoms with Crippen molar-refractivity contribution in [3.05, 3.63) is 96.5 Å². The average molecular weight is 481 g/mol. The summed E-state index contributed by atoms with van der Waals surface area (Å²) in [5.74, 6) is 1.41. The third-order valence-electron chi connectivity index (χ3n) is 6.44. The lowest BCUT2D eigenvalue weighted by molar-refractivity contribution is -0.126. The number of carbonyl (C=O) groups excluding carboxylic acids is 1. The van der Waals surface area contributed by atoms with Gasteiger partial charge in [0.2, 0.25) is 5.91 Å². The molecule has 36 heavy (non-hydrogen) atoms. The zero-order valence-corrected chi connectivity index (χ0v) is 20.4. The first-order valence-electron chi connectivity index (χ1n) is 11.9. The Hall–Kier alpha value is -4.39. The molecule has 0 saturated carbocycles. The van der Waals surface area contributed by atoms with Crippen LogP contribution in [-0.2, 0) is 4.79 Å². The van der Waals surface area contributed by atoms with Gasteiger partial charge < -0.3 is 14.4 Å². The van der Waals surface area contributed by atoms with E-state index in [4.69, 9.17) is 14.6 Å². The number of para-hydroxylation sites is 1. The minimum absolute atomic E-state index is 0.0417. The Morgan fingerprint density at radius 1 is 1.06 bits per heavy atom. The Kier molecular flexibility index (Phi) is 6.80. The molecule has 0 aliphatic carbocycles. The smallest absolute Gasteiger partial charge is 0.247 e. The molecule has 1 amide bonds. The normalized spacial score (nSPS) is 15.4. The largest absolute Gasteiger partial charge is 0.497 e. The van der Waals surface area contributed by atoms with Gasteiger partial charge in [-0.05, 0) is 55.3 Å². The molecular formula is C29H28N4O3. The van der Waals surface area contributed by atoms with Crippen molar-refractivity contribution < 1.29 is 14.3 Å². The second kappa shape index (κ2) is 10.5. The summed E-state index contributed by atoms with van der Waals surface area (Å²) in [5.41, 5.74) is 4.44. The maximum absolute atomic E-state index is 13.4. The third-order valence-corrected chi connectivity index (χ3v) is 6.44. The van der Waals surface area contributed by atoms with E-state index in [9.17, 15) is 4.79 Å². The summed E-state index contributed by atoms with van der Waals surface area (Å²) < 4.78 is 12.8. The van der Waals surface area contributed by atoms with Gasteiger partial charge in [-0.15, -0.1) is 0 Å². The van der Waals surface area contributed by atoms with E-state index in [0.717, 1.165) is 52.4 Å². The van der Waals surface area contributed by atoms with Crippen LogP contribution in [0.1, 0.15) is 30.0 Å². The Balaban J connectivity index is 1.44. The average Bonchev–Trinajstić information content (AvgIpc) is 3.60. The molecule has 1 atom stereocenters. The Morgan fingerprint density at radius 3 is 2.67 bits per heavy atom. The zero-order chi connectivity index (χ0) is 24.9. The highest BCUT2D eigenvalue weighted by Gasteiger charge is 2.31. The number of methoxy groups -OCH3 is 2. The fourth-order valence-electron chi connectivity index (χ4n) is 4.65. The van der Waals surface area contributed by atoms with Crippen LogP contribution in [0.2, 0.25) is 0 Å². The van der Waals surface area contributed by atoms with Gasteiger partial charge in [0.15, 0.2) is 0 Å². The first kappa shape index (κ1) is 23.4. The molecule has 1 fully saturated rings. The molecule has 1 aliphatic rings. The molecule has 3 heterocycles. The number of benzene rings is 2. The Labute approximate surface area is 210 Å². The van der Waals surface area contributed by atoms with Gasteiger partial charge in [-0.2, -0.15) is 5.10 Å². The minimum atomic E-state index is -0.0483. The van der Waals surface area contributed by atoms with Crippen molar-refractivity contribution in [1.29, 1.82) is 0 Å². The molecule has 7 heteroatoms. The van der Waals surface area contributed by atoms with E-state index < -0.39 is 0 Å². The maximum atomic E-state index is 13.4. The van der Waals surface area contributed by atoms with E-state index >= 15 is 0 Å². The maximum Gasteiger partial charge on any atom is 0.247 e. The molecule has 182 valence electrons. The summed E-state index contributed by atoms with van der Waals surface area (Å²) in [7, 11) is 3.27. The third kappa shape index (κ3) is 4.73. The Bertz CT molecular complexity index is 1370. The summed E-state index contributed by atoms with van der Waals surface area (Å²) >= 11 is 0. The highest BCUT2D eigenvalue weighted by atomic mass is 16.5. The number of nitrogens with zero attached hydrogens (tertiary/aromatic N) is 4. The van der Waals surface area contributed by atoms with Crippen molar-refractivity contribution in [1.82, 2.24) is 19.7 Å². The van der Waals surface area contributed by atoms with Crippen molar-refractivity contribution in [2.24, 2.45) is 0 Å². The number of ether oxygens (including phenoxy) is 2. The van der Waals surface area contributed by atoms with Crippen LogP contribution >= 0.6 is 0 Å². The number of pyridine rings is 1. The molecule has 2 aromatic carbocycles. The lowest BCUT2D eigenvalue weighted by atomic mass is 10.0. The second-order valence-electron chi connectivity index (χ2n) is 8.59. The molecule has 1 unspecified atom stereocenters. The van der Waals surface area contributed by atoms with Gasteiger partial charge in [0.1, 0.15) is 17.2 Å². The monoisotopic (exact) mass is 480 g/mol. The van der Waals surface area contributed by atoms with E-state index in [0.29, 0.717) is 6.54 Å². The van der Waals surface area contributed by atoms with Crippen LogP contribution in [0.25, 0.3) is 23.0 Å². The van der Waals surface area contributed by atoms with Gasteiger partial charge in [0.05, 0.1) is 25.9 Å². The lowest BCUT2D eigenvalue weighted by Crippen LogP contribution is -2.29. The van der Waals surface area contributed by atoms with E-state index in [1.165, 1.54) is 0 Å². The van der Waals surface area contributed by atoms with Gasteiger partial charge in [-0.1, -0.05) is 18.2 Å². The summed E-state index contributed by atoms with van der Waals surface area (Å²) in [5, 5.41) is 4.80. The Morgan fingerprint density at radius 2 is 1.92 bits per heavy atom. The van der Waals surface area contributed by atoms with Crippen LogP contribution < -0.4 is 9.47 Å². The lowest BCUT2D eigenvalue weighted by Gasteiger charge is -2.25. The molecule has 0 N–H and O–H groups in total. The molecule has 5 rings (SSSR count). The molecule has 0 spiro atoms. The standard InChI is InChI=1S/C29H28N4O3/c1-35-24-13-14-25(27(18-24)36-2)26-11-7-17-32(26)28(34)15-12-22-20-33(23-9-4-3-5-10-23)31-29(22)21-8-6-16-30-19-21/h3-6,8-10,12-16,18-20,26H,7,11,17H2,1-2H3/b15-12+. The summed E-state index contributed by atoms with van der Waals surface area (Å²) in [6.45, 7) is 0.696. The van der Waals surface area contributed by atoms with Crippen molar-refractivity contribution in [3.63, 3.8) is 0 Å². The van der Waals surface area contributed by atoms with Crippen molar-refractivity contribution in [2.45, 2.75) is 18.9 Å². The number of aromatic nitrogens is 3. The minimum Gasteiger partial charge on any atom is -0.497 e. The van der Waals surface area contributed by atoms with Crippen LogP contribution in [0.4, 0.5) is 0 Å². The molecular weight excluding hydrogens is 452 g/mol. The number of carbonyl (C=O) groups is 1. The predicted octanol–water partition coefficient (Wildman–Crippen LogP) is 5.33. The van der Waals surface area contributed by atoms with Gasteiger partial charge in [0.25, 0.3) is 0 Å². The highest BCUT2D eigenvalue weighted by molar-refractivity contribution is 5.93. The number of hydrogen-bond acceptors (Lipinski definition) is 5. The predicted molar refractivity (Wildman–Crippen MR) is 139 cm³/mol. The number of amides is 1. The fraction of sp³-hybridized carbons (Fsp3) is 0.207. The molecule has 7 nitrogen and oxygen atoms in total. The van der Waals surface area contributed by atoms with Crippen LogP contribution in [-0.4, -0.2) is 46.3 Å². The van der Waals surface area contributed by atoms with E-state index in [-0.39, 0.29) is 11.9 Å². The molecule has 1 aliphatic heterocycles. The summed E-state index contributed by atoms with van der Waals surface area (Å²) in [4.78, 5) is 19.5. The van der Waals surface area contributed by atoms with Crippen LogP contribution in [0, 0.1) is 0 Å². The number of hydrogen-bond donors (Lipinski definition) is 0. The molecule has 0 radical (unpaired) electrons. The molecule has 2 aromatic heterocycles. The van der Waals surface area contributed by atoms with Crippen molar-refractivity contribution in [2.75, 3.05) is 20.8 Å². The topological polar surface area (TPSA) is 69.5 Å². The fourth-order valence-corrected chi connectivity index (χ4v) is 4.65. The van der Waals surface area contributed by atoms with E-state index in [1.807, 2.05) is 82.5 Å². The van der Waals surface area contributed by atoms with E-state index in [1.54, 1.807) is 32.7 Å². The molecule has 4 aromatic rings. The van der Waals surface area contributed by atoms with Gasteiger partial charge >= 0.3 is 0 Å². The van der Waals surface area contributed by atoms with Crippen LogP contribution in [0.15, 0.2) is 85.3 Å². The van der Waals surface area contributed by atoms with Gasteiger partial charge in [-0.25, -0.2) is 4.68 Å². The van der Waals surface area contributed by atoms with Crippen LogP contribution in [0.3, 0.4) is 0 Å². The zero-order valence-electron chi connectivity index (χ0n) is 20.4. The number of rotatable bonds is 7. The number of likely N-dealkylation sites (tertiary alicyclic amines) is 1. The van der Waals surface area contributed by atoms with Crippen molar-refractivity contribution in [3.8, 4) is 28.4 Å². The van der Waals surface area contributed by atoms with Crippen molar-refractivity contribution >= 4 is 12.0 Å². The highest BCUT2D eigenvalue weighted by Crippen LogP contribution is 2.39. The van der Waals surface area contributed by atoms with E-state index in [2.05, 4.69) is 4.98 Å². The second-order valence-corrected chi connectivity index (χ2v) is 8.59. The molecule has 0 bridgehead atoms.